The number of sulfonamides is 1. The molecule has 174 valence electrons. The Hall–Kier alpha value is -3.10. The second-order valence-corrected chi connectivity index (χ2v) is 10.2. The molecule has 0 N–H and O–H groups in total. The summed E-state index contributed by atoms with van der Waals surface area (Å²) in [5.74, 6) is 0.0696. The maximum absolute atomic E-state index is 13.1. The first-order valence-corrected chi connectivity index (χ1v) is 12.4. The smallest absolute Gasteiger partial charge is 0.344 e. The topological polar surface area (TPSA) is 76.2 Å². The van der Waals surface area contributed by atoms with Gasteiger partial charge in [0.25, 0.3) is 10.0 Å². The zero-order valence-electron chi connectivity index (χ0n) is 18.8. The second kappa shape index (κ2) is 9.80. The molecule has 1 aliphatic heterocycles. The Kier molecular flexibility index (Phi) is 6.85. The molecule has 0 radical (unpaired) electrons. The fourth-order valence-electron chi connectivity index (χ4n) is 3.84. The van der Waals surface area contributed by atoms with E-state index in [2.05, 4.69) is 11.9 Å². The third kappa shape index (κ3) is 5.46. The number of benzene rings is 3. The molecule has 4 rings (SSSR count). The van der Waals surface area contributed by atoms with Gasteiger partial charge in [-0.15, -0.1) is 0 Å². The maximum atomic E-state index is 13.1. The molecule has 7 nitrogen and oxygen atoms in total. The monoisotopic (exact) mass is 468 g/mol. The first-order valence-electron chi connectivity index (χ1n) is 10.9. The molecule has 0 spiro atoms. The molecule has 33 heavy (non-hydrogen) atoms. The lowest BCUT2D eigenvalue weighted by atomic mass is 10.1. The molecule has 0 aliphatic carbocycles. The first kappa shape index (κ1) is 23.1. The van der Waals surface area contributed by atoms with Crippen LogP contribution in [0.25, 0.3) is 10.8 Å². The van der Waals surface area contributed by atoms with E-state index in [9.17, 15) is 13.2 Å². The van der Waals surface area contributed by atoms with E-state index >= 15 is 0 Å². The van der Waals surface area contributed by atoms with Crippen LogP contribution in [0.5, 0.6) is 5.75 Å². The van der Waals surface area contributed by atoms with Crippen LogP contribution in [0, 0.1) is 0 Å². The van der Waals surface area contributed by atoms with Gasteiger partial charge in [-0.05, 0) is 67.1 Å². The van der Waals surface area contributed by atoms with E-state index in [-0.39, 0.29) is 17.6 Å². The first-order chi connectivity index (χ1) is 15.8. The molecular formula is C25H28N2O5S. The Bertz CT molecular complexity index is 1220. The number of fused-ring (bicyclic) bond motifs is 1. The molecule has 3 aromatic rings. The van der Waals surface area contributed by atoms with Crippen molar-refractivity contribution >= 4 is 32.5 Å². The highest BCUT2D eigenvalue weighted by Gasteiger charge is 2.22. The summed E-state index contributed by atoms with van der Waals surface area (Å²) in [7, 11) is -0.163. The summed E-state index contributed by atoms with van der Waals surface area (Å²) >= 11 is 0. The predicted octanol–water partition coefficient (Wildman–Crippen LogP) is 3.68. The normalized spacial score (nSPS) is 15.3. The van der Waals surface area contributed by atoms with Gasteiger partial charge in [-0.1, -0.05) is 30.3 Å². The third-order valence-electron chi connectivity index (χ3n) is 5.90. The summed E-state index contributed by atoms with van der Waals surface area (Å²) in [5.41, 5.74) is 0.490. The van der Waals surface area contributed by atoms with Gasteiger partial charge in [0.15, 0.2) is 6.61 Å². The van der Waals surface area contributed by atoms with E-state index in [0.717, 1.165) is 36.7 Å². The summed E-state index contributed by atoms with van der Waals surface area (Å²) in [6.45, 7) is 1.64. The maximum Gasteiger partial charge on any atom is 0.344 e. The Balaban J connectivity index is 1.37. The minimum atomic E-state index is -3.73. The number of hydrogen-bond acceptors (Lipinski definition) is 6. The fourth-order valence-corrected chi connectivity index (χ4v) is 5.07. The van der Waals surface area contributed by atoms with Crippen molar-refractivity contribution in [3.8, 4) is 5.75 Å². The van der Waals surface area contributed by atoms with Gasteiger partial charge in [0.2, 0.25) is 0 Å². The van der Waals surface area contributed by atoms with Crippen LogP contribution >= 0.6 is 0 Å². The molecule has 3 aromatic carbocycles. The quantitative estimate of drug-likeness (QED) is 0.493. The van der Waals surface area contributed by atoms with E-state index in [1.807, 2.05) is 24.3 Å². The Morgan fingerprint density at radius 1 is 1.00 bits per heavy atom. The second-order valence-electron chi connectivity index (χ2n) is 8.26. The van der Waals surface area contributed by atoms with E-state index < -0.39 is 16.0 Å². The van der Waals surface area contributed by atoms with Crippen LogP contribution in [0.4, 0.5) is 5.69 Å². The van der Waals surface area contributed by atoms with Crippen molar-refractivity contribution in [2.75, 3.05) is 38.1 Å². The standard InChI is InChI=1S/C25H28N2O5S/c1-26-15-13-23(14-16-26)32-25(28)18-31-22-10-8-21(9-11-22)27(2)33(29,30)24-12-7-19-5-3-4-6-20(19)17-24/h3-12,17,23H,13-16,18H2,1-2H3. The van der Waals surface area contributed by atoms with E-state index in [4.69, 9.17) is 9.47 Å². The Labute approximate surface area is 194 Å². The summed E-state index contributed by atoms with van der Waals surface area (Å²) in [6.07, 6.45) is 1.60. The van der Waals surface area contributed by atoms with Gasteiger partial charge in [0.1, 0.15) is 11.9 Å². The zero-order chi connectivity index (χ0) is 23.4. The van der Waals surface area contributed by atoms with Crippen LogP contribution in [0.1, 0.15) is 12.8 Å². The van der Waals surface area contributed by atoms with E-state index in [1.165, 1.54) is 11.4 Å². The molecule has 0 unspecified atom stereocenters. The highest BCUT2D eigenvalue weighted by atomic mass is 32.2. The van der Waals surface area contributed by atoms with Crippen molar-refractivity contribution in [3.63, 3.8) is 0 Å². The highest BCUT2D eigenvalue weighted by Crippen LogP contribution is 2.26. The van der Waals surface area contributed by atoms with E-state index in [1.54, 1.807) is 42.5 Å². The van der Waals surface area contributed by atoms with Crippen LogP contribution in [0.3, 0.4) is 0 Å². The van der Waals surface area contributed by atoms with Crippen molar-refractivity contribution in [2.45, 2.75) is 23.8 Å². The predicted molar refractivity (Wildman–Crippen MR) is 128 cm³/mol. The van der Waals surface area contributed by atoms with Crippen molar-refractivity contribution < 1.29 is 22.7 Å². The lowest BCUT2D eigenvalue weighted by Crippen LogP contribution is -2.36. The molecule has 1 fully saturated rings. The van der Waals surface area contributed by atoms with Crippen molar-refractivity contribution in [2.24, 2.45) is 0 Å². The van der Waals surface area contributed by atoms with Crippen LogP contribution in [-0.2, 0) is 19.6 Å². The number of nitrogens with zero attached hydrogens (tertiary/aromatic N) is 2. The zero-order valence-corrected chi connectivity index (χ0v) is 19.6. The number of anilines is 1. The van der Waals surface area contributed by atoms with Gasteiger partial charge in [-0.2, -0.15) is 0 Å². The van der Waals surface area contributed by atoms with Gasteiger partial charge < -0.3 is 14.4 Å². The van der Waals surface area contributed by atoms with Gasteiger partial charge in [0.05, 0.1) is 10.6 Å². The average Bonchev–Trinajstić information content (AvgIpc) is 2.83. The lowest BCUT2D eigenvalue weighted by Gasteiger charge is -2.28. The Morgan fingerprint density at radius 2 is 1.67 bits per heavy atom. The fraction of sp³-hybridized carbons (Fsp3) is 0.320. The van der Waals surface area contributed by atoms with Crippen LogP contribution in [0.2, 0.25) is 0 Å². The van der Waals surface area contributed by atoms with Crippen molar-refractivity contribution in [1.29, 1.82) is 0 Å². The molecule has 1 aliphatic rings. The number of rotatable bonds is 7. The van der Waals surface area contributed by atoms with Gasteiger partial charge in [0, 0.05) is 20.1 Å². The summed E-state index contributed by atoms with van der Waals surface area (Å²) in [4.78, 5) is 14.5. The molecule has 0 bridgehead atoms. The number of ether oxygens (including phenoxy) is 2. The van der Waals surface area contributed by atoms with Crippen LogP contribution in [0.15, 0.2) is 71.6 Å². The SMILES string of the molecule is CN1CCC(OC(=O)COc2ccc(N(C)S(=O)(=O)c3ccc4ccccc4c3)cc2)CC1. The summed E-state index contributed by atoms with van der Waals surface area (Å²) in [5, 5.41) is 1.85. The average molecular weight is 469 g/mol. The van der Waals surface area contributed by atoms with Crippen LogP contribution < -0.4 is 9.04 Å². The minimum Gasteiger partial charge on any atom is -0.482 e. The molecule has 0 aromatic heterocycles. The molecular weight excluding hydrogens is 440 g/mol. The summed E-state index contributed by atoms with van der Waals surface area (Å²) in [6, 6.07) is 19.3. The summed E-state index contributed by atoms with van der Waals surface area (Å²) < 4.78 is 38.5. The van der Waals surface area contributed by atoms with Gasteiger partial charge in [-0.25, -0.2) is 13.2 Å². The number of carbonyl (C=O) groups is 1. The third-order valence-corrected chi connectivity index (χ3v) is 7.68. The minimum absolute atomic E-state index is 0.0614. The molecule has 0 saturated carbocycles. The molecule has 8 heteroatoms. The number of piperidine rings is 1. The largest absolute Gasteiger partial charge is 0.482 e. The van der Waals surface area contributed by atoms with Gasteiger partial charge in [-0.3, -0.25) is 4.31 Å². The van der Waals surface area contributed by atoms with E-state index in [0.29, 0.717) is 11.4 Å². The lowest BCUT2D eigenvalue weighted by molar-refractivity contribution is -0.153. The number of esters is 1. The van der Waals surface area contributed by atoms with Crippen LogP contribution in [-0.4, -0.2) is 59.2 Å². The highest BCUT2D eigenvalue weighted by molar-refractivity contribution is 7.92. The molecule has 1 saturated heterocycles. The Morgan fingerprint density at radius 3 is 2.36 bits per heavy atom. The number of likely N-dealkylation sites (tertiary alicyclic amines) is 1. The molecule has 0 amide bonds. The molecule has 0 atom stereocenters. The number of carbonyl (C=O) groups excluding carboxylic acids is 1. The van der Waals surface area contributed by atoms with Crippen molar-refractivity contribution in [3.05, 3.63) is 66.7 Å². The molecule has 1 heterocycles. The number of hydrogen-bond donors (Lipinski definition) is 0. The van der Waals surface area contributed by atoms with Crippen molar-refractivity contribution in [1.82, 2.24) is 4.90 Å². The van der Waals surface area contributed by atoms with Gasteiger partial charge >= 0.3 is 5.97 Å².